The molecule has 9 nitrogen and oxygen atoms in total. The van der Waals surface area contributed by atoms with Gasteiger partial charge in [0.2, 0.25) is 0 Å². The van der Waals surface area contributed by atoms with E-state index in [1.807, 2.05) is 24.3 Å². The van der Waals surface area contributed by atoms with Gasteiger partial charge in [0.15, 0.2) is 5.52 Å². The fourth-order valence-electron chi connectivity index (χ4n) is 2.84. The second-order valence-electron chi connectivity index (χ2n) is 7.41. The Morgan fingerprint density at radius 3 is 2.76 bits per heavy atom. The van der Waals surface area contributed by atoms with E-state index in [9.17, 15) is 9.59 Å². The molecule has 0 atom stereocenters. The molecule has 0 bridgehead atoms. The molecule has 0 radical (unpaired) electrons. The zero-order valence-corrected chi connectivity index (χ0v) is 16.9. The first-order valence-electron chi connectivity index (χ1n) is 8.94. The number of fused-ring (bicyclic) bond motifs is 2. The molecular formula is C19H18N6O3S. The van der Waals surface area contributed by atoms with Crippen molar-refractivity contribution in [1.29, 1.82) is 0 Å². The van der Waals surface area contributed by atoms with Gasteiger partial charge in [0.25, 0.3) is 5.56 Å². The molecule has 0 spiro atoms. The van der Waals surface area contributed by atoms with E-state index in [4.69, 9.17) is 4.74 Å². The summed E-state index contributed by atoms with van der Waals surface area (Å²) in [7, 11) is 0. The number of para-hydroxylation sites is 1. The molecule has 0 unspecified atom stereocenters. The van der Waals surface area contributed by atoms with Gasteiger partial charge in [0.05, 0.1) is 23.2 Å². The van der Waals surface area contributed by atoms with Crippen molar-refractivity contribution in [2.24, 2.45) is 0 Å². The Bertz CT molecular complexity index is 1240. The summed E-state index contributed by atoms with van der Waals surface area (Å²) in [6.07, 6.45) is 1.05. The van der Waals surface area contributed by atoms with Crippen molar-refractivity contribution in [1.82, 2.24) is 29.9 Å². The predicted octanol–water partition coefficient (Wildman–Crippen LogP) is 2.12. The molecule has 0 fully saturated rings. The van der Waals surface area contributed by atoms with Gasteiger partial charge >= 0.3 is 5.97 Å². The SMILES string of the molecule is CC(C)(C)OC(=O)Cc1nn(Cc2nc3ccccc3s2)c(=O)c2ncnnc12. The van der Waals surface area contributed by atoms with Crippen molar-refractivity contribution in [2.75, 3.05) is 0 Å². The van der Waals surface area contributed by atoms with Gasteiger partial charge in [-0.25, -0.2) is 14.6 Å². The lowest BCUT2D eigenvalue weighted by atomic mass is 10.2. The molecule has 4 rings (SSSR count). The van der Waals surface area contributed by atoms with Gasteiger partial charge < -0.3 is 4.74 Å². The van der Waals surface area contributed by atoms with Crippen LogP contribution in [0.2, 0.25) is 0 Å². The zero-order chi connectivity index (χ0) is 20.6. The summed E-state index contributed by atoms with van der Waals surface area (Å²) in [4.78, 5) is 33.8. The number of carbonyl (C=O) groups is 1. The van der Waals surface area contributed by atoms with Crippen molar-refractivity contribution in [3.05, 3.63) is 51.6 Å². The summed E-state index contributed by atoms with van der Waals surface area (Å²) in [5.74, 6) is -0.470. The van der Waals surface area contributed by atoms with Crippen LogP contribution in [0.15, 0.2) is 35.4 Å². The monoisotopic (exact) mass is 410 g/mol. The fourth-order valence-corrected chi connectivity index (χ4v) is 3.79. The van der Waals surface area contributed by atoms with Crippen molar-refractivity contribution >= 4 is 38.6 Å². The van der Waals surface area contributed by atoms with E-state index < -0.39 is 17.1 Å². The van der Waals surface area contributed by atoms with Crippen molar-refractivity contribution in [2.45, 2.75) is 39.3 Å². The fraction of sp³-hybridized carbons (Fsp3) is 0.316. The Morgan fingerprint density at radius 1 is 1.21 bits per heavy atom. The third-order valence-corrected chi connectivity index (χ3v) is 4.95. The smallest absolute Gasteiger partial charge is 0.312 e. The summed E-state index contributed by atoms with van der Waals surface area (Å²) >= 11 is 1.48. The van der Waals surface area contributed by atoms with Gasteiger partial charge in [0.1, 0.15) is 28.1 Å². The van der Waals surface area contributed by atoms with Crippen LogP contribution in [0.25, 0.3) is 21.3 Å². The lowest BCUT2D eigenvalue weighted by Gasteiger charge is -2.19. The maximum absolute atomic E-state index is 12.8. The lowest BCUT2D eigenvalue weighted by molar-refractivity contribution is -0.153. The van der Waals surface area contributed by atoms with E-state index in [1.165, 1.54) is 22.3 Å². The number of thiazole rings is 1. The zero-order valence-electron chi connectivity index (χ0n) is 16.1. The third-order valence-electron chi connectivity index (χ3n) is 3.93. The molecule has 0 saturated carbocycles. The molecule has 0 amide bonds. The topological polar surface area (TPSA) is 113 Å². The average Bonchev–Trinajstić information content (AvgIpc) is 3.06. The molecule has 1 aromatic carbocycles. The summed E-state index contributed by atoms with van der Waals surface area (Å²) in [6.45, 7) is 5.52. The Morgan fingerprint density at radius 2 is 2.00 bits per heavy atom. The average molecular weight is 410 g/mol. The van der Waals surface area contributed by atoms with Crippen LogP contribution >= 0.6 is 11.3 Å². The van der Waals surface area contributed by atoms with E-state index in [0.29, 0.717) is 0 Å². The molecule has 0 aliphatic rings. The van der Waals surface area contributed by atoms with Gasteiger partial charge in [0, 0.05) is 0 Å². The Hall–Kier alpha value is -3.27. The van der Waals surface area contributed by atoms with Crippen LogP contribution in [0.1, 0.15) is 31.5 Å². The summed E-state index contributed by atoms with van der Waals surface area (Å²) in [6, 6.07) is 7.73. The highest BCUT2D eigenvalue weighted by atomic mass is 32.1. The first-order valence-corrected chi connectivity index (χ1v) is 9.75. The lowest BCUT2D eigenvalue weighted by Crippen LogP contribution is -2.29. The van der Waals surface area contributed by atoms with E-state index in [1.54, 1.807) is 20.8 Å². The second-order valence-corrected chi connectivity index (χ2v) is 8.52. The highest BCUT2D eigenvalue weighted by Gasteiger charge is 2.21. The summed E-state index contributed by atoms with van der Waals surface area (Å²) < 4.78 is 7.65. The van der Waals surface area contributed by atoms with Crippen LogP contribution in [-0.4, -0.2) is 41.5 Å². The van der Waals surface area contributed by atoms with Gasteiger partial charge in [-0.15, -0.1) is 21.5 Å². The molecule has 0 N–H and O–H groups in total. The quantitative estimate of drug-likeness (QED) is 0.470. The minimum Gasteiger partial charge on any atom is -0.460 e. The Labute approximate surface area is 169 Å². The van der Waals surface area contributed by atoms with Crippen LogP contribution in [0, 0.1) is 0 Å². The molecule has 29 heavy (non-hydrogen) atoms. The second kappa shape index (κ2) is 7.28. The minimum atomic E-state index is -0.633. The number of esters is 1. The maximum Gasteiger partial charge on any atom is 0.312 e. The molecule has 3 aromatic heterocycles. The number of ether oxygens (including phenoxy) is 1. The third kappa shape index (κ3) is 4.11. The molecule has 0 aliphatic carbocycles. The highest BCUT2D eigenvalue weighted by molar-refractivity contribution is 7.18. The molecule has 148 valence electrons. The summed E-state index contributed by atoms with van der Waals surface area (Å²) in [5, 5.41) is 12.8. The van der Waals surface area contributed by atoms with E-state index in [0.717, 1.165) is 15.2 Å². The van der Waals surface area contributed by atoms with E-state index in [2.05, 4.69) is 25.3 Å². The first kappa shape index (κ1) is 19.1. The van der Waals surface area contributed by atoms with Crippen LogP contribution < -0.4 is 5.56 Å². The van der Waals surface area contributed by atoms with Gasteiger partial charge in [-0.1, -0.05) is 12.1 Å². The van der Waals surface area contributed by atoms with Crippen LogP contribution in [0.5, 0.6) is 0 Å². The van der Waals surface area contributed by atoms with E-state index in [-0.39, 0.29) is 29.7 Å². The Balaban J connectivity index is 1.75. The molecule has 0 saturated heterocycles. The number of hydrogen-bond acceptors (Lipinski definition) is 9. The molecular weight excluding hydrogens is 392 g/mol. The molecule has 4 aromatic rings. The highest BCUT2D eigenvalue weighted by Crippen LogP contribution is 2.22. The minimum absolute atomic E-state index is 0.106. The number of hydrogen-bond donors (Lipinski definition) is 0. The first-order chi connectivity index (χ1) is 13.8. The predicted molar refractivity (Wildman–Crippen MR) is 108 cm³/mol. The molecule has 10 heteroatoms. The van der Waals surface area contributed by atoms with Gasteiger partial charge in [-0.05, 0) is 32.9 Å². The largest absolute Gasteiger partial charge is 0.460 e. The summed E-state index contributed by atoms with van der Waals surface area (Å²) in [5.41, 5.74) is 0.405. The van der Waals surface area contributed by atoms with Crippen LogP contribution in [0.3, 0.4) is 0 Å². The standard InChI is InChI=1S/C19H18N6O3S/c1-19(2,3)28-15(26)8-12-16-17(20-10-21-23-16)18(27)25(24-12)9-14-22-11-6-4-5-7-13(11)29-14/h4-7,10H,8-9H2,1-3H3. The van der Waals surface area contributed by atoms with Gasteiger partial charge in [-0.3, -0.25) is 9.59 Å². The Kier molecular flexibility index (Phi) is 4.79. The van der Waals surface area contributed by atoms with Crippen molar-refractivity contribution < 1.29 is 9.53 Å². The van der Waals surface area contributed by atoms with E-state index >= 15 is 0 Å². The normalized spacial score (nSPS) is 11.8. The van der Waals surface area contributed by atoms with Crippen molar-refractivity contribution in [3.63, 3.8) is 0 Å². The van der Waals surface area contributed by atoms with Gasteiger partial charge in [-0.2, -0.15) is 5.10 Å². The number of nitrogens with zero attached hydrogens (tertiary/aromatic N) is 6. The number of rotatable bonds is 4. The number of benzene rings is 1. The maximum atomic E-state index is 12.8. The molecule has 3 heterocycles. The molecule has 0 aliphatic heterocycles. The van der Waals surface area contributed by atoms with Crippen LogP contribution in [-0.2, 0) is 22.5 Å². The van der Waals surface area contributed by atoms with Crippen molar-refractivity contribution in [3.8, 4) is 0 Å². The van der Waals surface area contributed by atoms with Crippen LogP contribution in [0.4, 0.5) is 0 Å². The number of carbonyl (C=O) groups excluding carboxylic acids is 1. The number of aromatic nitrogens is 6.